The quantitative estimate of drug-likeness (QED) is 0.235. The third-order valence-electron chi connectivity index (χ3n) is 9.43. The Bertz CT molecular complexity index is 2060. The molecule has 7 rings (SSSR count). The maximum atomic E-state index is 10.5. The first-order chi connectivity index (χ1) is 21.7. The Hall–Kier alpha value is -6.20. The summed E-state index contributed by atoms with van der Waals surface area (Å²) in [4.78, 5) is 0. The van der Waals surface area contributed by atoms with Gasteiger partial charge in [-0.25, -0.2) is 0 Å². The lowest BCUT2D eigenvalue weighted by Gasteiger charge is -2.44. The van der Waals surface area contributed by atoms with E-state index in [-0.39, 0.29) is 11.1 Å². The fraction of sp³-hybridized carbons (Fsp3) is 0.100. The Morgan fingerprint density at radius 3 is 1.48 bits per heavy atom. The zero-order chi connectivity index (χ0) is 30.3. The van der Waals surface area contributed by atoms with Gasteiger partial charge >= 0.3 is 0 Å². The second-order valence-electron chi connectivity index (χ2n) is 11.2. The molecule has 0 heterocycles. The normalized spacial score (nSPS) is 22.7. The molecule has 0 spiro atoms. The Morgan fingerprint density at radius 1 is 0.523 bits per heavy atom. The van der Waals surface area contributed by atoms with E-state index in [0.717, 1.165) is 44.5 Å². The first-order valence-corrected chi connectivity index (χ1v) is 14.5. The van der Waals surface area contributed by atoms with Crippen LogP contribution in [0.5, 0.6) is 0 Å². The fourth-order valence-electron chi connectivity index (χ4n) is 8.07. The van der Waals surface area contributed by atoms with Crippen LogP contribution in [0.4, 0.5) is 0 Å². The summed E-state index contributed by atoms with van der Waals surface area (Å²) in [5.41, 5.74) is 7.85. The second kappa shape index (κ2) is 10.6. The van der Waals surface area contributed by atoms with Crippen LogP contribution < -0.4 is 0 Å². The van der Waals surface area contributed by atoms with Crippen molar-refractivity contribution in [3.8, 4) is 24.3 Å². The molecule has 2 bridgehead atoms. The monoisotopic (exact) mass is 560 g/mol. The van der Waals surface area contributed by atoms with E-state index in [0.29, 0.717) is 5.57 Å². The van der Waals surface area contributed by atoms with Crippen molar-refractivity contribution in [2.75, 3.05) is 0 Å². The predicted molar refractivity (Wildman–Crippen MR) is 169 cm³/mol. The number of hydrogen-bond acceptors (Lipinski definition) is 4. The molecule has 0 saturated heterocycles. The third kappa shape index (κ3) is 3.60. The van der Waals surface area contributed by atoms with E-state index in [4.69, 9.17) is 0 Å². The molecule has 0 N–H and O–H groups in total. The summed E-state index contributed by atoms with van der Waals surface area (Å²) >= 11 is 0. The number of allylic oxidation sites excluding steroid dienone is 8. The molecule has 4 heteroatoms. The van der Waals surface area contributed by atoms with E-state index < -0.39 is 23.2 Å². The van der Waals surface area contributed by atoms with Crippen molar-refractivity contribution in [1.82, 2.24) is 0 Å². The Kier molecular flexibility index (Phi) is 6.41. The molecule has 4 atom stereocenters. The summed E-state index contributed by atoms with van der Waals surface area (Å²) in [6.07, 6.45) is 2.04. The topological polar surface area (TPSA) is 95.2 Å². The molecule has 1 saturated carbocycles. The van der Waals surface area contributed by atoms with E-state index in [1.807, 2.05) is 78.9 Å². The molecule has 0 aliphatic heterocycles. The summed E-state index contributed by atoms with van der Waals surface area (Å²) < 4.78 is 0. The maximum Gasteiger partial charge on any atom is 0.133 e. The minimum absolute atomic E-state index is 0.0530. The zero-order valence-corrected chi connectivity index (χ0v) is 23.6. The maximum absolute atomic E-state index is 10.5. The van der Waals surface area contributed by atoms with Crippen LogP contribution in [0.1, 0.15) is 22.3 Å². The van der Waals surface area contributed by atoms with Gasteiger partial charge in [-0.3, -0.25) is 0 Å². The van der Waals surface area contributed by atoms with Gasteiger partial charge in [0.2, 0.25) is 0 Å². The molecule has 4 aromatic rings. The Labute approximate surface area is 256 Å². The highest BCUT2D eigenvalue weighted by atomic mass is 14.7. The van der Waals surface area contributed by atoms with Gasteiger partial charge in [-0.05, 0) is 50.1 Å². The molecule has 0 amide bonds. The van der Waals surface area contributed by atoms with Crippen molar-refractivity contribution in [3.05, 3.63) is 172 Å². The molecule has 0 radical (unpaired) electrons. The molecule has 1 unspecified atom stereocenters. The van der Waals surface area contributed by atoms with Crippen LogP contribution in [0.25, 0.3) is 16.7 Å². The first kappa shape index (κ1) is 26.7. The van der Waals surface area contributed by atoms with Gasteiger partial charge in [-0.1, -0.05) is 127 Å². The van der Waals surface area contributed by atoms with Gasteiger partial charge in [-0.2, -0.15) is 21.0 Å². The Balaban J connectivity index is 1.73. The van der Waals surface area contributed by atoms with Gasteiger partial charge in [0.15, 0.2) is 0 Å². The van der Waals surface area contributed by atoms with Crippen molar-refractivity contribution in [2.45, 2.75) is 5.41 Å². The smallest absolute Gasteiger partial charge is 0.133 e. The number of rotatable bonds is 4. The molecule has 4 aromatic carbocycles. The van der Waals surface area contributed by atoms with Crippen LogP contribution in [0.2, 0.25) is 0 Å². The van der Waals surface area contributed by atoms with Crippen LogP contribution >= 0.6 is 0 Å². The van der Waals surface area contributed by atoms with Crippen molar-refractivity contribution in [2.24, 2.45) is 17.8 Å². The molecule has 0 aromatic heterocycles. The lowest BCUT2D eigenvalue weighted by atomic mass is 9.56. The first-order valence-electron chi connectivity index (χ1n) is 14.5. The van der Waals surface area contributed by atoms with Crippen molar-refractivity contribution in [3.63, 3.8) is 0 Å². The molecule has 1 fully saturated rings. The van der Waals surface area contributed by atoms with Crippen molar-refractivity contribution >= 4 is 16.7 Å². The summed E-state index contributed by atoms with van der Waals surface area (Å²) in [5.74, 6) is -1.22. The lowest BCUT2D eigenvalue weighted by molar-refractivity contribution is 0.399. The lowest BCUT2D eigenvalue weighted by Crippen LogP contribution is -2.40. The molecule has 3 aliphatic carbocycles. The highest BCUT2D eigenvalue weighted by Crippen LogP contribution is 2.76. The third-order valence-corrected chi connectivity index (χ3v) is 9.43. The molecule has 44 heavy (non-hydrogen) atoms. The number of hydrogen-bond donors (Lipinski definition) is 0. The van der Waals surface area contributed by atoms with Crippen LogP contribution in [0.3, 0.4) is 0 Å². The van der Waals surface area contributed by atoms with Crippen LogP contribution in [-0.4, -0.2) is 0 Å². The average Bonchev–Trinajstić information content (AvgIpc) is 3.72. The van der Waals surface area contributed by atoms with Gasteiger partial charge < -0.3 is 0 Å². The van der Waals surface area contributed by atoms with E-state index in [1.165, 1.54) is 0 Å². The largest absolute Gasteiger partial charge is 0.192 e. The minimum atomic E-state index is -0.792. The van der Waals surface area contributed by atoms with Gasteiger partial charge in [0, 0.05) is 23.2 Å². The number of nitrogens with zero attached hydrogens (tertiary/aromatic N) is 4. The summed E-state index contributed by atoms with van der Waals surface area (Å²) in [6, 6.07) is 49.4. The van der Waals surface area contributed by atoms with Gasteiger partial charge in [0.25, 0.3) is 0 Å². The van der Waals surface area contributed by atoms with E-state index >= 15 is 0 Å². The average molecular weight is 561 g/mol. The number of nitriles is 4. The Morgan fingerprint density at radius 2 is 0.977 bits per heavy atom. The number of fused-ring (bicyclic) bond motifs is 5. The van der Waals surface area contributed by atoms with Gasteiger partial charge in [0.1, 0.15) is 35.4 Å². The highest BCUT2D eigenvalue weighted by Gasteiger charge is 2.70. The highest BCUT2D eigenvalue weighted by molar-refractivity contribution is 6.06. The van der Waals surface area contributed by atoms with Crippen molar-refractivity contribution < 1.29 is 0 Å². The zero-order valence-electron chi connectivity index (χ0n) is 23.6. The van der Waals surface area contributed by atoms with Crippen LogP contribution in [0, 0.1) is 63.1 Å². The molecule has 4 nitrogen and oxygen atoms in total. The predicted octanol–water partition coefficient (Wildman–Crippen LogP) is 8.20. The molecular weight excluding hydrogens is 536 g/mol. The minimum Gasteiger partial charge on any atom is -0.192 e. The molecule has 3 aliphatic rings. The van der Waals surface area contributed by atoms with Crippen LogP contribution in [-0.2, 0) is 5.41 Å². The van der Waals surface area contributed by atoms with Crippen molar-refractivity contribution in [1.29, 1.82) is 21.0 Å². The fourth-order valence-corrected chi connectivity index (χ4v) is 8.07. The SMILES string of the molecule is N#CC(C#N)=C1C=C(c2ccccc2)[C@]2(c3ccccc3)C1[C@H]1C(c3ccccc3)=C(c3ccccc3)[C@@H]2C1=C(C#N)C#N. The summed E-state index contributed by atoms with van der Waals surface area (Å²) in [7, 11) is 0. The van der Waals surface area contributed by atoms with E-state index in [1.54, 1.807) is 0 Å². The second-order valence-corrected chi connectivity index (χ2v) is 11.2. The standard InChI is InChI=1S/C40H24N4/c41-22-29(23-42)32-21-33(26-13-5-1-6-14-26)40(31-19-11-4-12-20-31)38(32)37-34(27-15-7-2-8-16-27)35(28-17-9-3-10-18-28)39(40)36(37)30(24-43)25-44/h1-21,37-39H/t37-,38?,39+,40+/m0/s1. The van der Waals surface area contributed by atoms with E-state index in [9.17, 15) is 21.0 Å². The molecular formula is C40H24N4. The summed E-state index contributed by atoms with van der Waals surface area (Å²) in [6.45, 7) is 0. The summed E-state index contributed by atoms with van der Waals surface area (Å²) in [5, 5.41) is 41.5. The van der Waals surface area contributed by atoms with Gasteiger partial charge in [-0.15, -0.1) is 0 Å². The van der Waals surface area contributed by atoms with Crippen LogP contribution in [0.15, 0.2) is 150 Å². The number of benzene rings is 4. The van der Waals surface area contributed by atoms with E-state index in [2.05, 4.69) is 72.8 Å². The molecule has 204 valence electrons. The van der Waals surface area contributed by atoms with Gasteiger partial charge in [0.05, 0.1) is 0 Å².